The van der Waals surface area contributed by atoms with E-state index in [4.69, 9.17) is 0 Å². The molecule has 1 saturated heterocycles. The summed E-state index contributed by atoms with van der Waals surface area (Å²) in [6, 6.07) is 6.81. The molecular formula is C17H19F2N3OS. The van der Waals surface area contributed by atoms with Crippen LogP contribution in [0.1, 0.15) is 4.88 Å². The van der Waals surface area contributed by atoms with Crippen LogP contribution in [-0.2, 0) is 6.42 Å². The van der Waals surface area contributed by atoms with Crippen molar-refractivity contribution in [2.45, 2.75) is 6.42 Å². The number of hydrogen-bond acceptors (Lipinski definition) is 3. The number of nitrogens with zero attached hydrogens (tertiary/aromatic N) is 2. The summed E-state index contributed by atoms with van der Waals surface area (Å²) in [5.41, 5.74) is -0.125. The average molecular weight is 351 g/mol. The van der Waals surface area contributed by atoms with Gasteiger partial charge in [-0.25, -0.2) is 13.6 Å². The van der Waals surface area contributed by atoms with Crippen molar-refractivity contribution >= 4 is 23.1 Å². The van der Waals surface area contributed by atoms with E-state index in [0.717, 1.165) is 44.3 Å². The van der Waals surface area contributed by atoms with E-state index in [1.165, 1.54) is 4.88 Å². The molecule has 1 aliphatic rings. The Kier molecular flexibility index (Phi) is 5.42. The maximum atomic E-state index is 13.6. The zero-order chi connectivity index (χ0) is 16.9. The number of anilines is 1. The summed E-state index contributed by atoms with van der Waals surface area (Å²) in [6.45, 7) is 3.68. The average Bonchev–Trinajstić information content (AvgIpc) is 3.10. The number of thiophene rings is 1. The first-order valence-electron chi connectivity index (χ1n) is 7.87. The third-order valence-electron chi connectivity index (χ3n) is 4.08. The molecule has 2 aromatic rings. The molecule has 24 heavy (non-hydrogen) atoms. The summed E-state index contributed by atoms with van der Waals surface area (Å²) in [5, 5.41) is 4.52. The molecule has 7 heteroatoms. The van der Waals surface area contributed by atoms with Crippen LogP contribution in [0.15, 0.2) is 35.7 Å². The molecule has 2 amide bonds. The first kappa shape index (κ1) is 16.9. The van der Waals surface area contributed by atoms with Crippen molar-refractivity contribution in [3.05, 3.63) is 52.2 Å². The molecule has 1 aromatic heterocycles. The summed E-state index contributed by atoms with van der Waals surface area (Å²) in [4.78, 5) is 17.5. The van der Waals surface area contributed by atoms with Gasteiger partial charge in [-0.3, -0.25) is 4.90 Å². The minimum Gasteiger partial charge on any atom is -0.322 e. The van der Waals surface area contributed by atoms with Gasteiger partial charge in [0.2, 0.25) is 0 Å². The summed E-state index contributed by atoms with van der Waals surface area (Å²) < 4.78 is 26.7. The summed E-state index contributed by atoms with van der Waals surface area (Å²) in [5.74, 6) is -1.22. The molecule has 0 saturated carbocycles. The molecule has 0 radical (unpaired) electrons. The summed E-state index contributed by atoms with van der Waals surface area (Å²) in [6.07, 6.45) is 1.01. The molecule has 2 heterocycles. The second-order valence-corrected chi connectivity index (χ2v) is 6.74. The van der Waals surface area contributed by atoms with Gasteiger partial charge in [0.25, 0.3) is 0 Å². The van der Waals surface area contributed by atoms with Gasteiger partial charge < -0.3 is 10.2 Å². The van der Waals surface area contributed by atoms with Crippen molar-refractivity contribution in [2.24, 2.45) is 0 Å². The fourth-order valence-electron chi connectivity index (χ4n) is 2.69. The molecular weight excluding hydrogens is 332 g/mol. The van der Waals surface area contributed by atoms with E-state index in [1.807, 2.05) is 6.07 Å². The van der Waals surface area contributed by atoms with E-state index in [0.29, 0.717) is 13.1 Å². The van der Waals surface area contributed by atoms with Gasteiger partial charge in [0, 0.05) is 43.7 Å². The van der Waals surface area contributed by atoms with Gasteiger partial charge in [-0.05, 0) is 30.0 Å². The minimum absolute atomic E-state index is 0.125. The number of urea groups is 1. The third kappa shape index (κ3) is 4.30. The maximum absolute atomic E-state index is 13.6. The van der Waals surface area contributed by atoms with Crippen LogP contribution >= 0.6 is 11.3 Å². The lowest BCUT2D eigenvalue weighted by Crippen LogP contribution is -2.50. The highest BCUT2D eigenvalue weighted by Gasteiger charge is 2.21. The fraction of sp³-hybridized carbons (Fsp3) is 0.353. The third-order valence-corrected chi connectivity index (χ3v) is 5.02. The molecule has 0 aliphatic carbocycles. The highest BCUT2D eigenvalue weighted by molar-refractivity contribution is 7.09. The van der Waals surface area contributed by atoms with E-state index in [1.54, 1.807) is 16.2 Å². The van der Waals surface area contributed by atoms with E-state index in [9.17, 15) is 13.6 Å². The standard InChI is InChI=1S/C17H19F2N3OS/c18-13-3-4-15(19)16(12-13)20-17(23)22-9-7-21(8-10-22)6-5-14-2-1-11-24-14/h1-4,11-12H,5-10H2,(H,20,23). The van der Waals surface area contributed by atoms with Crippen LogP contribution in [0.4, 0.5) is 19.3 Å². The Morgan fingerprint density at radius 1 is 1.17 bits per heavy atom. The fourth-order valence-corrected chi connectivity index (χ4v) is 3.38. The lowest BCUT2D eigenvalue weighted by molar-refractivity contribution is 0.148. The quantitative estimate of drug-likeness (QED) is 0.916. The molecule has 0 spiro atoms. The van der Waals surface area contributed by atoms with Gasteiger partial charge in [-0.1, -0.05) is 6.07 Å². The van der Waals surface area contributed by atoms with Crippen LogP contribution in [0.25, 0.3) is 0 Å². The van der Waals surface area contributed by atoms with Crippen LogP contribution in [0.3, 0.4) is 0 Å². The number of hydrogen-bond donors (Lipinski definition) is 1. The Morgan fingerprint density at radius 2 is 1.96 bits per heavy atom. The maximum Gasteiger partial charge on any atom is 0.322 e. The Hall–Kier alpha value is -1.99. The van der Waals surface area contributed by atoms with Gasteiger partial charge in [0.1, 0.15) is 11.6 Å². The predicted molar refractivity (Wildman–Crippen MR) is 91.4 cm³/mol. The SMILES string of the molecule is O=C(Nc1cc(F)ccc1F)N1CCN(CCc2cccs2)CC1. The number of benzene rings is 1. The Morgan fingerprint density at radius 3 is 2.67 bits per heavy atom. The first-order valence-corrected chi connectivity index (χ1v) is 8.75. The van der Waals surface area contributed by atoms with Crippen molar-refractivity contribution in [1.29, 1.82) is 0 Å². The van der Waals surface area contributed by atoms with Crippen LogP contribution in [0.2, 0.25) is 0 Å². The van der Waals surface area contributed by atoms with E-state index in [-0.39, 0.29) is 5.69 Å². The van der Waals surface area contributed by atoms with E-state index in [2.05, 4.69) is 21.7 Å². The molecule has 3 rings (SSSR count). The molecule has 0 unspecified atom stereocenters. The van der Waals surface area contributed by atoms with E-state index >= 15 is 0 Å². The molecule has 1 aromatic carbocycles. The number of nitrogens with one attached hydrogen (secondary N) is 1. The molecule has 128 valence electrons. The zero-order valence-electron chi connectivity index (χ0n) is 13.2. The van der Waals surface area contributed by atoms with Crippen LogP contribution in [-0.4, -0.2) is 48.6 Å². The zero-order valence-corrected chi connectivity index (χ0v) is 14.0. The van der Waals surface area contributed by atoms with E-state index < -0.39 is 17.7 Å². The number of carbonyl (C=O) groups is 1. The van der Waals surface area contributed by atoms with Crippen molar-refractivity contribution in [3.63, 3.8) is 0 Å². The second-order valence-electron chi connectivity index (χ2n) is 5.71. The molecule has 1 N–H and O–H groups in total. The van der Waals surface area contributed by atoms with Crippen LogP contribution in [0, 0.1) is 11.6 Å². The normalized spacial score (nSPS) is 15.5. The number of halogens is 2. The second kappa shape index (κ2) is 7.72. The molecule has 0 atom stereocenters. The highest BCUT2D eigenvalue weighted by Crippen LogP contribution is 2.16. The molecule has 4 nitrogen and oxygen atoms in total. The van der Waals surface area contributed by atoms with Crippen LogP contribution in [0.5, 0.6) is 0 Å². The van der Waals surface area contributed by atoms with Gasteiger partial charge >= 0.3 is 6.03 Å². The largest absolute Gasteiger partial charge is 0.322 e. The Bertz CT molecular complexity index is 685. The van der Waals surface area contributed by atoms with Gasteiger partial charge in [0.05, 0.1) is 5.69 Å². The monoisotopic (exact) mass is 351 g/mol. The summed E-state index contributed by atoms with van der Waals surface area (Å²) >= 11 is 1.75. The van der Waals surface area contributed by atoms with Crippen molar-refractivity contribution in [1.82, 2.24) is 9.80 Å². The van der Waals surface area contributed by atoms with Gasteiger partial charge in [0.15, 0.2) is 0 Å². The van der Waals surface area contributed by atoms with Gasteiger partial charge in [-0.15, -0.1) is 11.3 Å². The Balaban J connectivity index is 1.47. The highest BCUT2D eigenvalue weighted by atomic mass is 32.1. The number of piperazine rings is 1. The minimum atomic E-state index is -0.640. The topological polar surface area (TPSA) is 35.6 Å². The smallest absolute Gasteiger partial charge is 0.322 e. The molecule has 1 aliphatic heterocycles. The molecule has 1 fully saturated rings. The van der Waals surface area contributed by atoms with Gasteiger partial charge in [-0.2, -0.15) is 0 Å². The van der Waals surface area contributed by atoms with Crippen LogP contribution < -0.4 is 5.32 Å². The van der Waals surface area contributed by atoms with Crippen molar-refractivity contribution in [2.75, 3.05) is 38.0 Å². The molecule has 0 bridgehead atoms. The predicted octanol–water partition coefficient (Wildman–Crippen LogP) is 3.42. The lowest BCUT2D eigenvalue weighted by Gasteiger charge is -2.34. The number of carbonyl (C=O) groups excluding carboxylic acids is 1. The van der Waals surface area contributed by atoms with Crippen molar-refractivity contribution < 1.29 is 13.6 Å². The first-order chi connectivity index (χ1) is 11.6. The van der Waals surface area contributed by atoms with Crippen molar-refractivity contribution in [3.8, 4) is 0 Å². The Labute approximate surface area is 143 Å². The lowest BCUT2D eigenvalue weighted by atomic mass is 10.2. The number of amides is 2. The number of rotatable bonds is 4. The summed E-state index contributed by atoms with van der Waals surface area (Å²) in [7, 11) is 0.